The third kappa shape index (κ3) is 2.73. The van der Waals surface area contributed by atoms with Crippen molar-refractivity contribution in [3.05, 3.63) is 17.6 Å². The van der Waals surface area contributed by atoms with Crippen LogP contribution in [0.25, 0.3) is 0 Å². The highest BCUT2D eigenvalue weighted by molar-refractivity contribution is 5.87. The molecule has 0 unspecified atom stereocenters. The molecule has 6 nitrogen and oxygen atoms in total. The number of anilines is 1. The predicted molar refractivity (Wildman–Crippen MR) is 55.6 cm³/mol. The monoisotopic (exact) mass is 208 g/mol. The fourth-order valence-corrected chi connectivity index (χ4v) is 0.989. The first kappa shape index (κ1) is 11.1. The minimum atomic E-state index is -1.18. The largest absolute Gasteiger partial charge is 0.475 e. The lowest BCUT2D eigenvalue weighted by Gasteiger charge is -2.11. The molecule has 1 aromatic heterocycles. The van der Waals surface area contributed by atoms with Gasteiger partial charge in [0.05, 0.1) is 5.56 Å². The highest BCUT2D eigenvalue weighted by atomic mass is 16.4. The Morgan fingerprint density at radius 2 is 2.33 bits per heavy atom. The Balaban J connectivity index is 3.12. The van der Waals surface area contributed by atoms with Crippen molar-refractivity contribution in [3.63, 3.8) is 0 Å². The van der Waals surface area contributed by atoms with Crippen LogP contribution >= 0.6 is 0 Å². The van der Waals surface area contributed by atoms with Crippen LogP contribution in [-0.2, 0) is 0 Å². The van der Waals surface area contributed by atoms with Gasteiger partial charge in [-0.2, -0.15) is 0 Å². The van der Waals surface area contributed by atoms with Crippen molar-refractivity contribution in [1.82, 2.24) is 9.97 Å². The maximum absolute atomic E-state index is 10.6. The number of aromatic nitrogens is 2. The zero-order valence-corrected chi connectivity index (χ0v) is 8.48. The molecule has 3 N–H and O–H groups in total. The van der Waals surface area contributed by atoms with E-state index in [9.17, 15) is 4.79 Å². The van der Waals surface area contributed by atoms with Gasteiger partial charge in [-0.25, -0.2) is 14.8 Å². The van der Waals surface area contributed by atoms with E-state index in [1.54, 1.807) is 0 Å². The maximum atomic E-state index is 10.6. The number of nitrogens with zero attached hydrogens (tertiary/aromatic N) is 2. The molecule has 6 heteroatoms. The van der Waals surface area contributed by atoms with Crippen molar-refractivity contribution >= 4 is 18.0 Å². The number of carboxylic acids is 1. The van der Waals surface area contributed by atoms with Crippen LogP contribution in [0.15, 0.2) is 6.20 Å². The SMILES string of the molecule is CC(C)Nc1nc(C(=O)O)ncc1C=N. The second-order valence-corrected chi connectivity index (χ2v) is 3.25. The summed E-state index contributed by atoms with van der Waals surface area (Å²) in [5.41, 5.74) is 0.466. The third-order valence-corrected chi connectivity index (χ3v) is 1.59. The molecule has 0 saturated carbocycles. The van der Waals surface area contributed by atoms with Crippen molar-refractivity contribution in [2.75, 3.05) is 5.32 Å². The van der Waals surface area contributed by atoms with E-state index < -0.39 is 5.97 Å². The molecular weight excluding hydrogens is 196 g/mol. The van der Waals surface area contributed by atoms with Crippen LogP contribution in [-0.4, -0.2) is 33.3 Å². The van der Waals surface area contributed by atoms with Crippen LogP contribution in [0.1, 0.15) is 30.0 Å². The highest BCUT2D eigenvalue weighted by Crippen LogP contribution is 2.10. The summed E-state index contributed by atoms with van der Waals surface area (Å²) in [5.74, 6) is -1.09. The molecule has 0 aliphatic carbocycles. The summed E-state index contributed by atoms with van der Waals surface area (Å²) in [4.78, 5) is 18.1. The van der Waals surface area contributed by atoms with Gasteiger partial charge in [0.25, 0.3) is 0 Å². The Morgan fingerprint density at radius 3 is 2.80 bits per heavy atom. The van der Waals surface area contributed by atoms with E-state index in [0.29, 0.717) is 11.4 Å². The first-order valence-electron chi connectivity index (χ1n) is 4.42. The number of carbonyl (C=O) groups is 1. The molecule has 0 amide bonds. The van der Waals surface area contributed by atoms with Gasteiger partial charge in [-0.15, -0.1) is 0 Å². The van der Waals surface area contributed by atoms with Crippen LogP contribution in [0.5, 0.6) is 0 Å². The van der Waals surface area contributed by atoms with Gasteiger partial charge in [0.1, 0.15) is 5.82 Å². The molecule has 1 heterocycles. The van der Waals surface area contributed by atoms with E-state index in [1.807, 2.05) is 13.8 Å². The Bertz CT molecular complexity index is 390. The predicted octanol–water partition coefficient (Wildman–Crippen LogP) is 0.993. The Hall–Kier alpha value is -1.98. The van der Waals surface area contributed by atoms with Crippen LogP contribution in [0.2, 0.25) is 0 Å². The van der Waals surface area contributed by atoms with Crippen LogP contribution in [0.4, 0.5) is 5.82 Å². The van der Waals surface area contributed by atoms with Crippen molar-refractivity contribution in [3.8, 4) is 0 Å². The first-order chi connectivity index (χ1) is 7.04. The first-order valence-corrected chi connectivity index (χ1v) is 4.42. The molecule has 0 radical (unpaired) electrons. The molecule has 0 aliphatic heterocycles. The van der Waals surface area contributed by atoms with Crippen molar-refractivity contribution in [2.45, 2.75) is 19.9 Å². The molecular formula is C9H12N4O2. The van der Waals surface area contributed by atoms with Crippen molar-refractivity contribution < 1.29 is 9.90 Å². The second-order valence-electron chi connectivity index (χ2n) is 3.25. The summed E-state index contributed by atoms with van der Waals surface area (Å²) in [6.45, 7) is 3.80. The zero-order valence-electron chi connectivity index (χ0n) is 8.48. The van der Waals surface area contributed by atoms with Gasteiger partial charge in [-0.3, -0.25) is 0 Å². The molecule has 0 fully saturated rings. The molecule has 0 saturated heterocycles. The minimum absolute atomic E-state index is 0.111. The summed E-state index contributed by atoms with van der Waals surface area (Å²) in [6.07, 6.45) is 2.39. The Morgan fingerprint density at radius 1 is 1.67 bits per heavy atom. The van der Waals surface area contributed by atoms with E-state index in [2.05, 4.69) is 15.3 Å². The van der Waals surface area contributed by atoms with E-state index in [0.717, 1.165) is 6.21 Å². The van der Waals surface area contributed by atoms with E-state index in [1.165, 1.54) is 6.20 Å². The number of rotatable bonds is 4. The highest BCUT2D eigenvalue weighted by Gasteiger charge is 2.11. The molecule has 0 bridgehead atoms. The molecule has 0 atom stereocenters. The maximum Gasteiger partial charge on any atom is 0.374 e. The number of hydrogen-bond donors (Lipinski definition) is 3. The fraction of sp³-hybridized carbons (Fsp3) is 0.333. The van der Waals surface area contributed by atoms with E-state index in [-0.39, 0.29) is 11.9 Å². The lowest BCUT2D eigenvalue weighted by Crippen LogP contribution is -2.15. The van der Waals surface area contributed by atoms with Crippen LogP contribution < -0.4 is 5.32 Å². The van der Waals surface area contributed by atoms with Crippen LogP contribution in [0.3, 0.4) is 0 Å². The van der Waals surface area contributed by atoms with Gasteiger partial charge in [0.15, 0.2) is 0 Å². The van der Waals surface area contributed by atoms with Crippen molar-refractivity contribution in [2.24, 2.45) is 0 Å². The number of aromatic carboxylic acids is 1. The van der Waals surface area contributed by atoms with Crippen LogP contribution in [0, 0.1) is 5.41 Å². The molecule has 0 aliphatic rings. The smallest absolute Gasteiger partial charge is 0.374 e. The molecule has 0 aromatic carbocycles. The summed E-state index contributed by atoms with van der Waals surface area (Å²) in [5, 5.41) is 18.8. The number of hydrogen-bond acceptors (Lipinski definition) is 5. The van der Waals surface area contributed by atoms with Gasteiger partial charge in [-0.05, 0) is 13.8 Å². The second kappa shape index (κ2) is 4.50. The topological polar surface area (TPSA) is 99.0 Å². The zero-order chi connectivity index (χ0) is 11.4. The third-order valence-electron chi connectivity index (χ3n) is 1.59. The Labute approximate surface area is 86.9 Å². The van der Waals surface area contributed by atoms with Crippen molar-refractivity contribution in [1.29, 1.82) is 5.41 Å². The number of carboxylic acid groups (broad SMARTS) is 1. The molecule has 1 rings (SSSR count). The summed E-state index contributed by atoms with van der Waals surface area (Å²) in [6, 6.07) is 0.111. The van der Waals surface area contributed by atoms with Gasteiger partial charge < -0.3 is 15.8 Å². The van der Waals surface area contributed by atoms with Gasteiger partial charge >= 0.3 is 5.97 Å². The minimum Gasteiger partial charge on any atom is -0.475 e. The number of nitrogens with one attached hydrogen (secondary N) is 2. The summed E-state index contributed by atoms with van der Waals surface area (Å²) in [7, 11) is 0. The lowest BCUT2D eigenvalue weighted by atomic mass is 10.3. The Kier molecular flexibility index (Phi) is 3.33. The van der Waals surface area contributed by atoms with Gasteiger partial charge in [0.2, 0.25) is 5.82 Å². The summed E-state index contributed by atoms with van der Waals surface area (Å²) >= 11 is 0. The van der Waals surface area contributed by atoms with Gasteiger partial charge in [-0.1, -0.05) is 0 Å². The lowest BCUT2D eigenvalue weighted by molar-refractivity contribution is 0.0683. The fourth-order valence-electron chi connectivity index (χ4n) is 0.989. The molecule has 1 aromatic rings. The average molecular weight is 208 g/mol. The molecule has 15 heavy (non-hydrogen) atoms. The van der Waals surface area contributed by atoms with E-state index in [4.69, 9.17) is 10.5 Å². The average Bonchev–Trinajstić information content (AvgIpc) is 2.16. The van der Waals surface area contributed by atoms with E-state index >= 15 is 0 Å². The standard InChI is InChI=1S/C9H12N4O2/c1-5(2)12-7-6(3-10)4-11-8(13-7)9(14)15/h3-5,10H,1-2H3,(H,14,15)(H,11,12,13). The normalized spacial score (nSPS) is 10.1. The quantitative estimate of drug-likeness (QED) is 0.641. The molecule has 80 valence electrons. The summed E-state index contributed by atoms with van der Waals surface area (Å²) < 4.78 is 0. The van der Waals surface area contributed by atoms with Gasteiger partial charge in [0, 0.05) is 18.5 Å². The molecule has 0 spiro atoms.